The number of rotatable bonds is 4. The maximum absolute atomic E-state index is 12.2. The molecule has 7 heteroatoms. The van der Waals surface area contributed by atoms with Gasteiger partial charge in [-0.05, 0) is 25.1 Å². The van der Waals surface area contributed by atoms with Crippen LogP contribution in [0.5, 0.6) is 0 Å². The lowest BCUT2D eigenvalue weighted by Crippen LogP contribution is -2.15. The highest BCUT2D eigenvalue weighted by Crippen LogP contribution is 2.18. The van der Waals surface area contributed by atoms with Gasteiger partial charge in [-0.25, -0.2) is 4.98 Å². The molecule has 6 nitrogen and oxygen atoms in total. The van der Waals surface area contributed by atoms with Crippen molar-refractivity contribution < 1.29 is 9.59 Å². The number of amides is 2. The summed E-state index contributed by atoms with van der Waals surface area (Å²) in [7, 11) is 0. The van der Waals surface area contributed by atoms with Crippen LogP contribution in [0.1, 0.15) is 18.3 Å². The van der Waals surface area contributed by atoms with Crippen molar-refractivity contribution in [1.82, 2.24) is 9.38 Å². The molecule has 0 unspecified atom stereocenters. The Morgan fingerprint density at radius 2 is 2.00 bits per heavy atom. The van der Waals surface area contributed by atoms with Crippen molar-refractivity contribution in [1.29, 1.82) is 0 Å². The number of carbonyl (C=O) groups excluding carboxylic acids is 2. The predicted octanol–water partition coefficient (Wildman–Crippen LogP) is 2.84. The van der Waals surface area contributed by atoms with Gasteiger partial charge in [0, 0.05) is 35.6 Å². The van der Waals surface area contributed by atoms with E-state index in [1.807, 2.05) is 22.9 Å². The van der Waals surface area contributed by atoms with E-state index in [0.29, 0.717) is 11.4 Å². The SMILES string of the molecule is CC(=O)Nc1cccc(NC(=O)Cc2csc3nc(C)cn23)c1. The minimum absolute atomic E-state index is 0.115. The van der Waals surface area contributed by atoms with Crippen molar-refractivity contribution in [3.8, 4) is 0 Å². The van der Waals surface area contributed by atoms with Gasteiger partial charge in [-0.2, -0.15) is 0 Å². The number of carbonyl (C=O) groups is 2. The molecule has 2 aromatic heterocycles. The number of hydrogen-bond donors (Lipinski definition) is 2. The predicted molar refractivity (Wildman–Crippen MR) is 90.9 cm³/mol. The van der Waals surface area contributed by atoms with Gasteiger partial charge in [0.25, 0.3) is 0 Å². The smallest absolute Gasteiger partial charge is 0.230 e. The topological polar surface area (TPSA) is 75.5 Å². The summed E-state index contributed by atoms with van der Waals surface area (Å²) in [5.41, 5.74) is 3.13. The Morgan fingerprint density at radius 1 is 1.26 bits per heavy atom. The normalized spacial score (nSPS) is 10.7. The molecule has 0 aliphatic rings. The number of nitrogens with one attached hydrogen (secondary N) is 2. The van der Waals surface area contributed by atoms with Crippen LogP contribution >= 0.6 is 11.3 Å². The van der Waals surface area contributed by atoms with Crippen LogP contribution in [-0.2, 0) is 16.0 Å². The Hall–Kier alpha value is -2.67. The van der Waals surface area contributed by atoms with Gasteiger partial charge in [-0.15, -0.1) is 11.3 Å². The van der Waals surface area contributed by atoms with Crippen molar-refractivity contribution in [2.24, 2.45) is 0 Å². The van der Waals surface area contributed by atoms with Crippen LogP contribution in [-0.4, -0.2) is 21.2 Å². The highest BCUT2D eigenvalue weighted by atomic mass is 32.1. The van der Waals surface area contributed by atoms with E-state index in [1.165, 1.54) is 18.3 Å². The van der Waals surface area contributed by atoms with Gasteiger partial charge in [-0.3, -0.25) is 14.0 Å². The number of aromatic nitrogens is 2. The summed E-state index contributed by atoms with van der Waals surface area (Å²) < 4.78 is 1.94. The molecule has 3 aromatic rings. The van der Waals surface area contributed by atoms with E-state index in [9.17, 15) is 9.59 Å². The van der Waals surface area contributed by atoms with E-state index in [1.54, 1.807) is 24.3 Å². The average molecular weight is 328 g/mol. The lowest BCUT2D eigenvalue weighted by molar-refractivity contribution is -0.116. The van der Waals surface area contributed by atoms with E-state index in [0.717, 1.165) is 16.3 Å². The maximum Gasteiger partial charge on any atom is 0.230 e. The second-order valence-corrected chi connectivity index (χ2v) is 6.09. The van der Waals surface area contributed by atoms with Gasteiger partial charge in [0.05, 0.1) is 12.1 Å². The molecule has 0 fully saturated rings. The highest BCUT2D eigenvalue weighted by molar-refractivity contribution is 7.15. The number of anilines is 2. The molecule has 2 N–H and O–H groups in total. The number of fused-ring (bicyclic) bond motifs is 1. The number of imidazole rings is 1. The molecule has 2 heterocycles. The lowest BCUT2D eigenvalue weighted by Gasteiger charge is -2.07. The first kappa shape index (κ1) is 15.2. The van der Waals surface area contributed by atoms with Gasteiger partial charge in [-0.1, -0.05) is 6.07 Å². The quantitative estimate of drug-likeness (QED) is 0.773. The first-order chi connectivity index (χ1) is 11.0. The van der Waals surface area contributed by atoms with Crippen LogP contribution in [0.25, 0.3) is 4.96 Å². The van der Waals surface area contributed by atoms with Crippen LogP contribution < -0.4 is 10.6 Å². The Bertz CT molecular complexity index is 881. The zero-order chi connectivity index (χ0) is 16.4. The third-order valence-corrected chi connectivity index (χ3v) is 4.10. The summed E-state index contributed by atoms with van der Waals surface area (Å²) in [5, 5.41) is 7.48. The third-order valence-electron chi connectivity index (χ3n) is 3.21. The summed E-state index contributed by atoms with van der Waals surface area (Å²) in [6, 6.07) is 7.06. The largest absolute Gasteiger partial charge is 0.326 e. The Balaban J connectivity index is 1.70. The Morgan fingerprint density at radius 3 is 2.74 bits per heavy atom. The maximum atomic E-state index is 12.2. The van der Waals surface area contributed by atoms with E-state index >= 15 is 0 Å². The number of nitrogens with zero attached hydrogens (tertiary/aromatic N) is 2. The fourth-order valence-electron chi connectivity index (χ4n) is 2.32. The van der Waals surface area contributed by atoms with E-state index in [2.05, 4.69) is 15.6 Å². The first-order valence-electron chi connectivity index (χ1n) is 7.11. The van der Waals surface area contributed by atoms with Crippen LogP contribution in [0.15, 0.2) is 35.8 Å². The fourth-order valence-corrected chi connectivity index (χ4v) is 3.24. The van der Waals surface area contributed by atoms with Crippen LogP contribution in [0, 0.1) is 6.92 Å². The van der Waals surface area contributed by atoms with Crippen LogP contribution in [0.3, 0.4) is 0 Å². The Labute approximate surface area is 137 Å². The number of aryl methyl sites for hydroxylation is 1. The van der Waals surface area contributed by atoms with E-state index in [4.69, 9.17) is 0 Å². The molecule has 3 rings (SSSR count). The van der Waals surface area contributed by atoms with Crippen molar-refractivity contribution in [3.63, 3.8) is 0 Å². The molecule has 0 atom stereocenters. The minimum atomic E-state index is -0.149. The number of thiazole rings is 1. The molecule has 0 radical (unpaired) electrons. The van der Waals surface area contributed by atoms with Crippen LogP contribution in [0.2, 0.25) is 0 Å². The first-order valence-corrected chi connectivity index (χ1v) is 7.99. The minimum Gasteiger partial charge on any atom is -0.326 e. The summed E-state index contributed by atoms with van der Waals surface area (Å²) in [4.78, 5) is 28.6. The van der Waals surface area contributed by atoms with Gasteiger partial charge in [0.15, 0.2) is 4.96 Å². The number of benzene rings is 1. The van der Waals surface area contributed by atoms with Crippen molar-refractivity contribution >= 4 is 39.5 Å². The standard InChI is InChI=1S/C16H16N4O2S/c1-10-8-20-14(9-23-16(20)17-10)7-15(22)19-13-5-3-4-12(6-13)18-11(2)21/h3-6,8-9H,7H2,1-2H3,(H,18,21)(H,19,22). The van der Waals surface area contributed by atoms with Gasteiger partial charge in [0.2, 0.25) is 11.8 Å². The zero-order valence-corrected chi connectivity index (χ0v) is 13.6. The lowest BCUT2D eigenvalue weighted by atomic mass is 10.2. The molecule has 0 aliphatic carbocycles. The van der Waals surface area contributed by atoms with Crippen molar-refractivity contribution in [2.45, 2.75) is 20.3 Å². The number of hydrogen-bond acceptors (Lipinski definition) is 4. The monoisotopic (exact) mass is 328 g/mol. The van der Waals surface area contributed by atoms with Crippen LogP contribution in [0.4, 0.5) is 11.4 Å². The van der Waals surface area contributed by atoms with Gasteiger partial charge in [0.1, 0.15) is 0 Å². The average Bonchev–Trinajstić information content (AvgIpc) is 2.99. The molecular weight excluding hydrogens is 312 g/mol. The second kappa shape index (κ2) is 6.21. The van der Waals surface area contributed by atoms with Gasteiger partial charge < -0.3 is 10.6 Å². The third kappa shape index (κ3) is 3.57. The molecule has 23 heavy (non-hydrogen) atoms. The molecule has 0 spiro atoms. The van der Waals surface area contributed by atoms with Gasteiger partial charge >= 0.3 is 0 Å². The summed E-state index contributed by atoms with van der Waals surface area (Å²) in [6.45, 7) is 3.37. The highest BCUT2D eigenvalue weighted by Gasteiger charge is 2.11. The fraction of sp³-hybridized carbons (Fsp3) is 0.188. The van der Waals surface area contributed by atoms with E-state index in [-0.39, 0.29) is 18.2 Å². The zero-order valence-electron chi connectivity index (χ0n) is 12.8. The molecule has 0 saturated heterocycles. The molecule has 118 valence electrons. The summed E-state index contributed by atoms with van der Waals surface area (Å²) in [6.07, 6.45) is 2.19. The molecule has 2 amide bonds. The molecular formula is C16H16N4O2S. The summed E-state index contributed by atoms with van der Waals surface area (Å²) in [5.74, 6) is -0.263. The molecule has 0 bridgehead atoms. The molecule has 0 saturated carbocycles. The van der Waals surface area contributed by atoms with E-state index < -0.39 is 0 Å². The van der Waals surface area contributed by atoms with Crippen molar-refractivity contribution in [3.05, 3.63) is 47.2 Å². The Kier molecular flexibility index (Phi) is 4.12. The molecule has 0 aliphatic heterocycles. The van der Waals surface area contributed by atoms with Crippen molar-refractivity contribution in [2.75, 3.05) is 10.6 Å². The second-order valence-electron chi connectivity index (χ2n) is 5.25. The molecule has 1 aromatic carbocycles. The summed E-state index contributed by atoms with van der Waals surface area (Å²) >= 11 is 1.52.